The van der Waals surface area contributed by atoms with Crippen LogP contribution in [0.3, 0.4) is 0 Å². The van der Waals surface area contributed by atoms with Gasteiger partial charge in [0, 0.05) is 0 Å². The lowest BCUT2D eigenvalue weighted by Gasteiger charge is -2.25. The Morgan fingerprint density at radius 3 is 1.31 bits per heavy atom. The van der Waals surface area contributed by atoms with Crippen LogP contribution in [-0.2, 0) is 33.4 Å². The summed E-state index contributed by atoms with van der Waals surface area (Å²) in [7, 11) is 1.23. The van der Waals surface area contributed by atoms with E-state index in [1.165, 1.54) is 19.3 Å². The van der Waals surface area contributed by atoms with E-state index in [1.807, 2.05) is 41.5 Å². The Hall–Kier alpha value is -5.46. The highest BCUT2D eigenvalue weighted by molar-refractivity contribution is 6.06. The molecule has 300 valence electrons. The molecule has 0 saturated carbocycles. The predicted molar refractivity (Wildman–Crippen MR) is 213 cm³/mol. The summed E-state index contributed by atoms with van der Waals surface area (Å²) in [5, 5.41) is 13.4. The summed E-state index contributed by atoms with van der Waals surface area (Å²) >= 11 is 0. The monoisotopic (exact) mass is 761 g/mol. The first-order valence-electron chi connectivity index (χ1n) is 18.6. The molecule has 0 saturated heterocycles. The highest BCUT2D eigenvalue weighted by atomic mass is 16.6. The van der Waals surface area contributed by atoms with Gasteiger partial charge >= 0.3 is 12.1 Å². The zero-order valence-corrected chi connectivity index (χ0v) is 33.8. The molecule has 2 rings (SSSR count). The lowest BCUT2D eigenvalue weighted by Crippen LogP contribution is -2.53. The number of hydrogen-bond donors (Lipinski definition) is 5. The Bertz CT molecular complexity index is 1660. The second kappa shape index (κ2) is 22.0. The third-order valence-corrected chi connectivity index (χ3v) is 7.77. The van der Waals surface area contributed by atoms with Crippen molar-refractivity contribution in [3.63, 3.8) is 0 Å². The van der Waals surface area contributed by atoms with Gasteiger partial charge in [-0.2, -0.15) is 0 Å². The number of esters is 1. The summed E-state index contributed by atoms with van der Waals surface area (Å²) in [6.45, 7) is 16.4. The first-order valence-corrected chi connectivity index (χ1v) is 18.6. The first kappa shape index (κ1) is 45.7. The number of hydrogen-bond acceptors (Lipinski definition) is 8. The van der Waals surface area contributed by atoms with E-state index in [2.05, 4.69) is 26.6 Å². The van der Waals surface area contributed by atoms with Gasteiger partial charge in [0.25, 0.3) is 11.8 Å². The lowest BCUT2D eigenvalue weighted by atomic mass is 10.0. The third-order valence-electron chi connectivity index (χ3n) is 7.77. The molecule has 13 nitrogen and oxygen atoms in total. The largest absolute Gasteiger partial charge is 0.467 e. The van der Waals surface area contributed by atoms with Crippen LogP contribution in [0.25, 0.3) is 12.2 Å². The van der Waals surface area contributed by atoms with Crippen molar-refractivity contribution in [3.05, 3.63) is 83.2 Å². The van der Waals surface area contributed by atoms with Crippen LogP contribution in [0.15, 0.2) is 72.1 Å². The lowest BCUT2D eigenvalue weighted by molar-refractivity contribution is -0.145. The fourth-order valence-corrected chi connectivity index (χ4v) is 5.34. The maximum atomic E-state index is 14.1. The maximum Gasteiger partial charge on any atom is 0.408 e. The van der Waals surface area contributed by atoms with Crippen molar-refractivity contribution < 1.29 is 38.2 Å². The van der Waals surface area contributed by atoms with E-state index < -0.39 is 59.4 Å². The van der Waals surface area contributed by atoms with Gasteiger partial charge < -0.3 is 36.1 Å². The fourth-order valence-electron chi connectivity index (χ4n) is 5.34. The molecule has 0 spiro atoms. The number of carbonyl (C=O) groups excluding carboxylic acids is 6. The van der Waals surface area contributed by atoms with Gasteiger partial charge in [-0.1, -0.05) is 102 Å². The van der Waals surface area contributed by atoms with Crippen molar-refractivity contribution in [2.45, 2.75) is 105 Å². The molecule has 0 bridgehead atoms. The summed E-state index contributed by atoms with van der Waals surface area (Å²) in [5.74, 6) is -3.56. The number of nitrogens with one attached hydrogen (secondary N) is 5. The molecule has 2 aromatic carbocycles. The molecule has 55 heavy (non-hydrogen) atoms. The molecule has 0 aliphatic rings. The van der Waals surface area contributed by atoms with Crippen molar-refractivity contribution in [2.24, 2.45) is 17.8 Å². The van der Waals surface area contributed by atoms with Crippen LogP contribution in [0.5, 0.6) is 0 Å². The van der Waals surface area contributed by atoms with Crippen LogP contribution in [0.1, 0.15) is 92.7 Å². The number of methoxy groups -OCH3 is 1. The molecular formula is C42H59N5O8. The van der Waals surface area contributed by atoms with Crippen LogP contribution in [0.2, 0.25) is 0 Å². The molecule has 0 aromatic heterocycles. The summed E-state index contributed by atoms with van der Waals surface area (Å²) in [5.41, 5.74) is 0.0494. The van der Waals surface area contributed by atoms with E-state index in [0.717, 1.165) is 0 Å². The number of alkyl carbamates (subject to hydrolysis) is 1. The van der Waals surface area contributed by atoms with Crippen molar-refractivity contribution in [3.8, 4) is 0 Å². The molecule has 0 aliphatic carbocycles. The molecule has 5 N–H and O–H groups in total. The second-order valence-electron chi connectivity index (χ2n) is 15.6. The predicted octanol–water partition coefficient (Wildman–Crippen LogP) is 5.48. The average Bonchev–Trinajstić information content (AvgIpc) is 3.09. The molecule has 0 aliphatic heterocycles. The van der Waals surface area contributed by atoms with Crippen molar-refractivity contribution in [1.82, 2.24) is 26.6 Å². The molecule has 2 aromatic rings. The number of carbonyl (C=O) groups is 6. The molecule has 0 fully saturated rings. The topological polar surface area (TPSA) is 181 Å². The summed E-state index contributed by atoms with van der Waals surface area (Å²) < 4.78 is 10.3. The summed E-state index contributed by atoms with van der Waals surface area (Å²) in [6, 6.07) is 14.4. The molecule has 0 heterocycles. The van der Waals surface area contributed by atoms with Gasteiger partial charge in [-0.25, -0.2) is 9.59 Å². The molecule has 5 amide bonds. The van der Waals surface area contributed by atoms with Gasteiger partial charge in [-0.05, 0) is 81.1 Å². The highest BCUT2D eigenvalue weighted by Crippen LogP contribution is 2.14. The quantitative estimate of drug-likeness (QED) is 0.0979. The fraction of sp³-hybridized carbons (Fsp3) is 0.476. The van der Waals surface area contributed by atoms with Gasteiger partial charge in [-0.15, -0.1) is 0 Å². The number of benzene rings is 2. The molecular weight excluding hydrogens is 702 g/mol. The van der Waals surface area contributed by atoms with Crippen LogP contribution >= 0.6 is 0 Å². The molecule has 13 heteroatoms. The first-order chi connectivity index (χ1) is 25.8. The number of amides is 5. The van der Waals surface area contributed by atoms with Gasteiger partial charge in [0.1, 0.15) is 35.1 Å². The van der Waals surface area contributed by atoms with Gasteiger partial charge in [0.2, 0.25) is 11.8 Å². The van der Waals surface area contributed by atoms with Crippen LogP contribution in [0, 0.1) is 17.8 Å². The average molecular weight is 762 g/mol. The van der Waals surface area contributed by atoms with E-state index in [9.17, 15) is 28.8 Å². The molecule has 3 atom stereocenters. The Morgan fingerprint density at radius 1 is 0.582 bits per heavy atom. The SMILES string of the molecule is COC(=O)[C@@H](CC(C)C)NC(=O)/C(=C/c1ccccc1)NC(=O)[C@H](CC(C)C)NC(=O)/C(=C/c1ccccc1)NC(=O)[C@@H](CC(C)C)NC(=O)OC(C)(C)C. The minimum absolute atomic E-state index is 0.0104. The smallest absolute Gasteiger partial charge is 0.408 e. The van der Waals surface area contributed by atoms with Crippen LogP contribution < -0.4 is 26.6 Å². The van der Waals surface area contributed by atoms with E-state index in [0.29, 0.717) is 17.5 Å². The zero-order valence-electron chi connectivity index (χ0n) is 33.8. The number of ether oxygens (including phenoxy) is 2. The third kappa shape index (κ3) is 17.5. The van der Waals surface area contributed by atoms with E-state index in [1.54, 1.807) is 81.4 Å². The summed E-state index contributed by atoms with van der Waals surface area (Å²) in [4.78, 5) is 80.8. The van der Waals surface area contributed by atoms with E-state index >= 15 is 0 Å². The van der Waals surface area contributed by atoms with Crippen molar-refractivity contribution >= 4 is 47.8 Å². The molecule has 0 radical (unpaired) electrons. The van der Waals surface area contributed by atoms with Gasteiger partial charge in [0.05, 0.1) is 7.11 Å². The Morgan fingerprint density at radius 2 is 0.945 bits per heavy atom. The number of rotatable bonds is 18. The standard InChI is InChI=1S/C42H59N5O8/c1-26(2)21-31(36(48)44-34(25-30-19-15-12-16-20-30)39(51)46-35(23-28(5)6)40(52)54-10)43-38(50)33(24-29-17-13-11-14-18-29)45-37(49)32(22-27(3)4)47-41(53)55-42(7,8)9/h11-20,24-28,31-32,35H,21-23H2,1-10H3,(H,43,50)(H,44,48)(H,45,49)(H,46,51)(H,47,53)/b33-24-,34-25-/t31-,32+,35+/m0/s1. The normalized spacial score (nSPS) is 13.7. The van der Waals surface area contributed by atoms with Gasteiger partial charge in [0.15, 0.2) is 0 Å². The Labute approximate surface area is 325 Å². The van der Waals surface area contributed by atoms with E-state index in [4.69, 9.17) is 9.47 Å². The molecule has 0 unspecified atom stereocenters. The minimum Gasteiger partial charge on any atom is -0.467 e. The second-order valence-corrected chi connectivity index (χ2v) is 15.6. The van der Waals surface area contributed by atoms with Crippen molar-refractivity contribution in [1.29, 1.82) is 0 Å². The summed E-state index contributed by atoms with van der Waals surface area (Å²) in [6.07, 6.45) is 2.86. The van der Waals surface area contributed by atoms with Crippen LogP contribution in [0.4, 0.5) is 4.79 Å². The minimum atomic E-state index is -1.17. The Balaban J connectivity index is 2.49. The Kier molecular flexibility index (Phi) is 18.3. The van der Waals surface area contributed by atoms with E-state index in [-0.39, 0.29) is 42.0 Å². The maximum absolute atomic E-state index is 14.1. The van der Waals surface area contributed by atoms with Crippen molar-refractivity contribution in [2.75, 3.05) is 7.11 Å². The van der Waals surface area contributed by atoms with Gasteiger partial charge in [-0.3, -0.25) is 19.2 Å². The van der Waals surface area contributed by atoms with Crippen LogP contribution in [-0.4, -0.2) is 66.5 Å². The highest BCUT2D eigenvalue weighted by Gasteiger charge is 2.31. The zero-order chi connectivity index (χ0) is 41.3.